The molecule has 0 aliphatic carbocycles. The van der Waals surface area contributed by atoms with Gasteiger partial charge in [-0.05, 0) is 13.5 Å². The van der Waals surface area contributed by atoms with Crippen molar-refractivity contribution in [2.24, 2.45) is 0 Å². The number of carbonyl (C=O) groups is 3. The fraction of sp³-hybridized carbons (Fsp3) is 0.700. The Kier molecular flexibility index (Phi) is 7.11. The van der Waals surface area contributed by atoms with Gasteiger partial charge in [-0.15, -0.1) is 0 Å². The van der Waals surface area contributed by atoms with E-state index >= 15 is 0 Å². The van der Waals surface area contributed by atoms with Crippen LogP contribution in [-0.2, 0) is 14.4 Å². The summed E-state index contributed by atoms with van der Waals surface area (Å²) in [5, 5.41) is 13.7. The average molecular weight is 230 g/mol. The van der Waals surface area contributed by atoms with Gasteiger partial charge in [-0.2, -0.15) is 0 Å². The van der Waals surface area contributed by atoms with E-state index in [2.05, 4.69) is 10.6 Å². The lowest BCUT2D eigenvalue weighted by Gasteiger charge is -2.14. The highest BCUT2D eigenvalue weighted by Crippen LogP contribution is 1.97. The predicted octanol–water partition coefficient (Wildman–Crippen LogP) is -0.465. The molecule has 0 unspecified atom stereocenters. The number of carboxylic acid groups (broad SMARTS) is 1. The van der Waals surface area contributed by atoms with Crippen molar-refractivity contribution in [2.75, 3.05) is 13.6 Å². The van der Waals surface area contributed by atoms with Crippen molar-refractivity contribution in [1.29, 1.82) is 0 Å². The number of carbonyl (C=O) groups excluding carboxylic acids is 2. The molecule has 0 fully saturated rings. The van der Waals surface area contributed by atoms with Gasteiger partial charge in [0.15, 0.2) is 5.78 Å². The Morgan fingerprint density at radius 3 is 2.38 bits per heavy atom. The van der Waals surface area contributed by atoms with E-state index in [0.29, 0.717) is 6.42 Å². The molecule has 6 heteroatoms. The van der Waals surface area contributed by atoms with Crippen LogP contribution in [0.25, 0.3) is 0 Å². The number of likely N-dealkylation sites (N-methyl/N-ethyl adjacent to an activating group) is 1. The molecular formula is C10H18N2O4. The van der Waals surface area contributed by atoms with Crippen molar-refractivity contribution >= 4 is 17.7 Å². The number of amides is 1. The van der Waals surface area contributed by atoms with E-state index < -0.39 is 12.0 Å². The van der Waals surface area contributed by atoms with Crippen LogP contribution in [0.1, 0.15) is 26.2 Å². The second kappa shape index (κ2) is 7.81. The lowest BCUT2D eigenvalue weighted by atomic mass is 10.1. The van der Waals surface area contributed by atoms with E-state index in [4.69, 9.17) is 5.11 Å². The quantitative estimate of drug-likeness (QED) is 0.524. The van der Waals surface area contributed by atoms with Gasteiger partial charge in [-0.25, -0.2) is 0 Å². The molecule has 0 aliphatic heterocycles. The summed E-state index contributed by atoms with van der Waals surface area (Å²) >= 11 is 0. The zero-order chi connectivity index (χ0) is 12.6. The number of hydrogen-bond donors (Lipinski definition) is 3. The summed E-state index contributed by atoms with van der Waals surface area (Å²) in [6.45, 7) is 1.72. The molecule has 3 N–H and O–H groups in total. The largest absolute Gasteiger partial charge is 0.481 e. The standard InChI is InChI=1S/C10H18N2O4/c1-3-7(13)6-12-10(16)8(11-2)4-5-9(14)15/h8,11H,3-6H2,1-2H3,(H,12,16)(H,14,15)/t8-/m1/s1. The summed E-state index contributed by atoms with van der Waals surface area (Å²) in [4.78, 5) is 32.8. The number of Topliss-reactive ketones (excluding diaryl/α,β-unsaturated/α-hetero) is 1. The topological polar surface area (TPSA) is 95.5 Å². The summed E-state index contributed by atoms with van der Waals surface area (Å²) in [5.74, 6) is -1.34. The van der Waals surface area contributed by atoms with Crippen LogP contribution in [-0.4, -0.2) is 42.4 Å². The molecule has 1 amide bonds. The van der Waals surface area contributed by atoms with Gasteiger partial charge in [0.2, 0.25) is 5.91 Å². The second-order valence-electron chi connectivity index (χ2n) is 3.38. The molecule has 0 bridgehead atoms. The van der Waals surface area contributed by atoms with E-state index in [1.165, 1.54) is 0 Å². The molecule has 0 aromatic heterocycles. The minimum atomic E-state index is -0.947. The number of ketones is 1. The first-order valence-corrected chi connectivity index (χ1v) is 5.19. The Bertz CT molecular complexity index is 266. The predicted molar refractivity (Wildman–Crippen MR) is 58.0 cm³/mol. The summed E-state index contributed by atoms with van der Waals surface area (Å²) in [6, 6.07) is -0.569. The maximum Gasteiger partial charge on any atom is 0.303 e. The fourth-order valence-electron chi connectivity index (χ4n) is 1.11. The molecule has 0 spiro atoms. The highest BCUT2D eigenvalue weighted by molar-refractivity contribution is 5.88. The SMILES string of the molecule is CCC(=O)CNC(=O)[C@@H](CCC(=O)O)NC. The fourth-order valence-corrected chi connectivity index (χ4v) is 1.11. The number of hydrogen-bond acceptors (Lipinski definition) is 4. The third-order valence-corrected chi connectivity index (χ3v) is 2.17. The normalized spacial score (nSPS) is 11.9. The van der Waals surface area contributed by atoms with Gasteiger partial charge < -0.3 is 15.7 Å². The van der Waals surface area contributed by atoms with Gasteiger partial charge >= 0.3 is 5.97 Å². The maximum atomic E-state index is 11.5. The van der Waals surface area contributed by atoms with Gasteiger partial charge in [0.1, 0.15) is 0 Å². The molecule has 0 saturated heterocycles. The third kappa shape index (κ3) is 6.13. The van der Waals surface area contributed by atoms with E-state index in [1.54, 1.807) is 14.0 Å². The van der Waals surface area contributed by atoms with E-state index in [1.807, 2.05) is 0 Å². The summed E-state index contributed by atoms with van der Waals surface area (Å²) < 4.78 is 0. The lowest BCUT2D eigenvalue weighted by molar-refractivity contribution is -0.137. The van der Waals surface area contributed by atoms with Crippen molar-refractivity contribution in [3.63, 3.8) is 0 Å². The summed E-state index contributed by atoms with van der Waals surface area (Å²) in [6.07, 6.45) is 0.498. The Hall–Kier alpha value is -1.43. The molecule has 0 saturated carbocycles. The molecule has 0 heterocycles. The van der Waals surface area contributed by atoms with Crippen LogP contribution in [0.4, 0.5) is 0 Å². The number of rotatable bonds is 8. The van der Waals surface area contributed by atoms with E-state index in [0.717, 1.165) is 0 Å². The maximum absolute atomic E-state index is 11.5. The van der Waals surface area contributed by atoms with Crippen LogP contribution in [0, 0.1) is 0 Å². The van der Waals surface area contributed by atoms with Gasteiger partial charge in [0, 0.05) is 12.8 Å². The van der Waals surface area contributed by atoms with Crippen molar-refractivity contribution in [3.8, 4) is 0 Å². The molecular weight excluding hydrogens is 212 g/mol. The van der Waals surface area contributed by atoms with Crippen LogP contribution in [0.15, 0.2) is 0 Å². The monoisotopic (exact) mass is 230 g/mol. The molecule has 0 radical (unpaired) electrons. The van der Waals surface area contributed by atoms with Crippen LogP contribution in [0.3, 0.4) is 0 Å². The molecule has 0 aromatic rings. The minimum Gasteiger partial charge on any atom is -0.481 e. The molecule has 16 heavy (non-hydrogen) atoms. The minimum absolute atomic E-state index is 0.000580. The van der Waals surface area contributed by atoms with Crippen LogP contribution in [0.5, 0.6) is 0 Å². The van der Waals surface area contributed by atoms with Gasteiger partial charge in [-0.3, -0.25) is 14.4 Å². The molecule has 0 aromatic carbocycles. The molecule has 0 aliphatic rings. The van der Waals surface area contributed by atoms with Crippen LogP contribution >= 0.6 is 0 Å². The summed E-state index contributed by atoms with van der Waals surface area (Å²) in [7, 11) is 1.58. The van der Waals surface area contributed by atoms with E-state index in [9.17, 15) is 14.4 Å². The Morgan fingerprint density at radius 1 is 1.31 bits per heavy atom. The lowest BCUT2D eigenvalue weighted by Crippen LogP contribution is -2.44. The Balaban J connectivity index is 4.00. The van der Waals surface area contributed by atoms with Crippen LogP contribution < -0.4 is 10.6 Å². The third-order valence-electron chi connectivity index (χ3n) is 2.17. The molecule has 92 valence electrons. The second-order valence-corrected chi connectivity index (χ2v) is 3.38. The summed E-state index contributed by atoms with van der Waals surface area (Å²) in [5.41, 5.74) is 0. The van der Waals surface area contributed by atoms with Gasteiger partial charge in [-0.1, -0.05) is 6.92 Å². The first-order chi connectivity index (χ1) is 7.51. The zero-order valence-electron chi connectivity index (χ0n) is 9.58. The molecule has 1 atom stereocenters. The van der Waals surface area contributed by atoms with Crippen LogP contribution in [0.2, 0.25) is 0 Å². The number of aliphatic carboxylic acids is 1. The zero-order valence-corrected chi connectivity index (χ0v) is 9.58. The molecule has 0 rings (SSSR count). The Labute approximate surface area is 94.4 Å². The smallest absolute Gasteiger partial charge is 0.303 e. The highest BCUT2D eigenvalue weighted by Gasteiger charge is 2.17. The van der Waals surface area contributed by atoms with Gasteiger partial charge in [0.05, 0.1) is 12.6 Å². The Morgan fingerprint density at radius 2 is 1.94 bits per heavy atom. The van der Waals surface area contributed by atoms with Crippen molar-refractivity contribution < 1.29 is 19.5 Å². The van der Waals surface area contributed by atoms with Crippen molar-refractivity contribution in [3.05, 3.63) is 0 Å². The highest BCUT2D eigenvalue weighted by atomic mass is 16.4. The van der Waals surface area contributed by atoms with E-state index in [-0.39, 0.29) is 31.1 Å². The van der Waals surface area contributed by atoms with Gasteiger partial charge in [0.25, 0.3) is 0 Å². The van der Waals surface area contributed by atoms with Crippen molar-refractivity contribution in [1.82, 2.24) is 10.6 Å². The first kappa shape index (κ1) is 14.6. The van der Waals surface area contributed by atoms with Crippen molar-refractivity contribution in [2.45, 2.75) is 32.2 Å². The average Bonchev–Trinajstić information content (AvgIpc) is 2.26. The number of nitrogens with one attached hydrogen (secondary N) is 2. The number of carboxylic acids is 1. The first-order valence-electron chi connectivity index (χ1n) is 5.19. The molecule has 6 nitrogen and oxygen atoms in total.